The van der Waals surface area contributed by atoms with Crippen molar-refractivity contribution in [1.82, 2.24) is 19.1 Å². The Morgan fingerprint density at radius 3 is 2.47 bits per heavy atom. The number of hydrogen-bond acceptors (Lipinski definition) is 7. The van der Waals surface area contributed by atoms with Gasteiger partial charge in [0.05, 0.1) is 11.5 Å². The molecule has 4 fully saturated rings. The molecule has 2 heterocycles. The lowest BCUT2D eigenvalue weighted by atomic mass is 9.75. The maximum atomic E-state index is 13.2. The number of carbonyl (C=O) groups excluding carboxylic acids is 1. The summed E-state index contributed by atoms with van der Waals surface area (Å²) < 4.78 is 32.3. The first-order chi connectivity index (χ1) is 16.1. The van der Waals surface area contributed by atoms with E-state index in [4.69, 9.17) is 9.72 Å². The molecule has 2 unspecified atom stereocenters. The molecule has 6 rings (SSSR count). The number of aromatic amines is 1. The smallest absolute Gasteiger partial charge is 0.332 e. The van der Waals surface area contributed by atoms with Crippen molar-refractivity contribution in [2.75, 3.05) is 18.1 Å². The van der Waals surface area contributed by atoms with Crippen LogP contribution in [0.5, 0.6) is 0 Å². The molecule has 4 aliphatic carbocycles. The molecule has 11 heteroatoms. The number of sulfone groups is 1. The molecule has 0 aliphatic heterocycles. The van der Waals surface area contributed by atoms with Crippen molar-refractivity contribution in [3.05, 3.63) is 26.7 Å². The second-order valence-corrected chi connectivity index (χ2v) is 12.7. The molecule has 0 radical (unpaired) electrons. The highest BCUT2D eigenvalue weighted by atomic mass is 32.2. The van der Waals surface area contributed by atoms with Gasteiger partial charge in [0.15, 0.2) is 15.5 Å². The molecule has 0 amide bonds. The van der Waals surface area contributed by atoms with Gasteiger partial charge >= 0.3 is 11.7 Å². The Hall–Kier alpha value is -2.43. The van der Waals surface area contributed by atoms with Crippen LogP contribution < -0.4 is 11.2 Å². The number of nitrogens with one attached hydrogen (secondary N) is 1. The topological polar surface area (TPSA) is 133 Å². The molecule has 10 nitrogen and oxygen atoms in total. The van der Waals surface area contributed by atoms with Crippen molar-refractivity contribution in [1.29, 1.82) is 0 Å². The van der Waals surface area contributed by atoms with Crippen LogP contribution in [-0.4, -0.2) is 51.6 Å². The SMILES string of the molecule is CCCn1c(=O)c2[nH]c(C34CC5CC(CC3C5)C4)nc2n(CCS(=O)(=O)CCOC(C)=O)c1=O. The number of esters is 1. The van der Waals surface area contributed by atoms with E-state index in [1.54, 1.807) is 0 Å². The summed E-state index contributed by atoms with van der Waals surface area (Å²) in [6, 6.07) is 0. The number of rotatable bonds is 9. The van der Waals surface area contributed by atoms with Crippen LogP contribution in [0.2, 0.25) is 0 Å². The van der Waals surface area contributed by atoms with Gasteiger partial charge in [0.1, 0.15) is 17.9 Å². The molecule has 2 aromatic heterocycles. The summed E-state index contributed by atoms with van der Waals surface area (Å²) in [5.74, 6) is 1.56. The van der Waals surface area contributed by atoms with Crippen molar-refractivity contribution < 1.29 is 17.9 Å². The molecule has 0 spiro atoms. The third-order valence-corrected chi connectivity index (χ3v) is 9.69. The number of carbonyl (C=O) groups is 1. The number of nitrogens with zero attached hydrogens (tertiary/aromatic N) is 3. The molecule has 4 bridgehead atoms. The first kappa shape index (κ1) is 23.3. The Morgan fingerprint density at radius 1 is 1.12 bits per heavy atom. The molecule has 1 N–H and O–H groups in total. The zero-order valence-corrected chi connectivity index (χ0v) is 20.5. The van der Waals surface area contributed by atoms with E-state index in [-0.39, 0.29) is 47.8 Å². The Balaban J connectivity index is 1.52. The molecular weight excluding hydrogens is 460 g/mol. The van der Waals surface area contributed by atoms with Crippen LogP contribution in [-0.2, 0) is 37.9 Å². The van der Waals surface area contributed by atoms with Crippen LogP contribution >= 0.6 is 0 Å². The summed E-state index contributed by atoms with van der Waals surface area (Å²) in [6.45, 7) is 3.01. The largest absolute Gasteiger partial charge is 0.465 e. The molecule has 186 valence electrons. The monoisotopic (exact) mass is 492 g/mol. The molecule has 34 heavy (non-hydrogen) atoms. The number of fused-ring (bicyclic) bond motifs is 1. The standard InChI is InChI=1S/C23H32N4O6S/c1-3-4-27-20(29)18-19(26(22(27)30)5-7-34(31,32)8-6-33-14(2)28)25-21(24-18)23-12-15-9-16(13-23)11-17(23)10-15/h15-17H,3-13H2,1-2H3,(H,24,25). The second kappa shape index (κ2) is 8.35. The predicted octanol–water partition coefficient (Wildman–Crippen LogP) is 1.35. The van der Waals surface area contributed by atoms with Crippen LogP contribution in [0, 0.1) is 17.8 Å². The zero-order valence-electron chi connectivity index (χ0n) is 19.7. The Morgan fingerprint density at radius 2 is 1.82 bits per heavy atom. The predicted molar refractivity (Wildman–Crippen MR) is 125 cm³/mol. The van der Waals surface area contributed by atoms with Crippen LogP contribution in [0.4, 0.5) is 0 Å². The molecule has 2 aromatic rings. The molecule has 4 aliphatic rings. The van der Waals surface area contributed by atoms with Crippen molar-refractivity contribution in [2.45, 2.75) is 70.9 Å². The van der Waals surface area contributed by atoms with Gasteiger partial charge in [0.2, 0.25) is 0 Å². The summed E-state index contributed by atoms with van der Waals surface area (Å²) in [7, 11) is -3.58. The average Bonchev–Trinajstić information content (AvgIpc) is 3.38. The van der Waals surface area contributed by atoms with Crippen molar-refractivity contribution in [3.63, 3.8) is 0 Å². The number of ether oxygens (including phenoxy) is 1. The lowest BCUT2D eigenvalue weighted by molar-refractivity contribution is -0.140. The quantitative estimate of drug-likeness (QED) is 0.522. The minimum Gasteiger partial charge on any atom is -0.465 e. The molecule has 4 saturated carbocycles. The number of hydrogen-bond donors (Lipinski definition) is 1. The molecule has 2 atom stereocenters. The average molecular weight is 493 g/mol. The van der Waals surface area contributed by atoms with Crippen molar-refractivity contribution in [2.24, 2.45) is 17.8 Å². The van der Waals surface area contributed by atoms with E-state index in [9.17, 15) is 22.8 Å². The van der Waals surface area contributed by atoms with Crippen LogP contribution in [0.1, 0.15) is 58.2 Å². The third kappa shape index (κ3) is 3.81. The van der Waals surface area contributed by atoms with Crippen LogP contribution in [0.15, 0.2) is 9.59 Å². The van der Waals surface area contributed by atoms with Gasteiger partial charge in [-0.05, 0) is 56.3 Å². The van der Waals surface area contributed by atoms with Gasteiger partial charge in [-0.3, -0.25) is 18.7 Å². The summed E-state index contributed by atoms with van der Waals surface area (Å²) in [5.41, 5.74) is -0.480. The maximum absolute atomic E-state index is 13.2. The van der Waals surface area contributed by atoms with Gasteiger partial charge in [-0.15, -0.1) is 0 Å². The molecule has 0 aromatic carbocycles. The fourth-order valence-electron chi connectivity index (χ4n) is 6.85. The fraction of sp³-hybridized carbons (Fsp3) is 0.739. The first-order valence-electron chi connectivity index (χ1n) is 12.2. The summed E-state index contributed by atoms with van der Waals surface area (Å²) in [6.07, 6.45) is 6.38. The fourth-order valence-corrected chi connectivity index (χ4v) is 7.85. The Kier molecular flexibility index (Phi) is 5.73. The highest BCUT2D eigenvalue weighted by Crippen LogP contribution is 2.65. The van der Waals surface area contributed by atoms with E-state index in [0.29, 0.717) is 24.2 Å². The van der Waals surface area contributed by atoms with E-state index in [2.05, 4.69) is 4.98 Å². The third-order valence-electron chi connectivity index (χ3n) is 8.10. The minimum atomic E-state index is -3.58. The summed E-state index contributed by atoms with van der Waals surface area (Å²) in [5, 5.41) is 0. The lowest BCUT2D eigenvalue weighted by Crippen LogP contribution is -2.41. The Labute approximate surface area is 197 Å². The maximum Gasteiger partial charge on any atom is 0.332 e. The summed E-state index contributed by atoms with van der Waals surface area (Å²) in [4.78, 5) is 45.5. The molecular formula is C23H32N4O6S. The van der Waals surface area contributed by atoms with Gasteiger partial charge in [-0.25, -0.2) is 18.2 Å². The summed E-state index contributed by atoms with van der Waals surface area (Å²) >= 11 is 0. The zero-order chi connectivity index (χ0) is 24.3. The lowest BCUT2D eigenvalue weighted by Gasteiger charge is -2.30. The number of aryl methyl sites for hydroxylation is 1. The van der Waals surface area contributed by atoms with Gasteiger partial charge in [0, 0.05) is 25.4 Å². The number of imidazole rings is 1. The first-order valence-corrected chi connectivity index (χ1v) is 14.0. The minimum absolute atomic E-state index is 0.0639. The number of H-pyrrole nitrogens is 1. The number of aromatic nitrogens is 4. The van der Waals surface area contributed by atoms with Crippen LogP contribution in [0.25, 0.3) is 11.2 Å². The van der Waals surface area contributed by atoms with Gasteiger partial charge < -0.3 is 9.72 Å². The van der Waals surface area contributed by atoms with E-state index in [1.807, 2.05) is 6.92 Å². The highest BCUT2D eigenvalue weighted by Gasteiger charge is 2.59. The second-order valence-electron chi connectivity index (χ2n) is 10.4. The van der Waals surface area contributed by atoms with Gasteiger partial charge in [0.25, 0.3) is 5.56 Å². The normalized spacial score (nSPS) is 27.6. The van der Waals surface area contributed by atoms with E-state index < -0.39 is 27.1 Å². The van der Waals surface area contributed by atoms with E-state index >= 15 is 0 Å². The van der Waals surface area contributed by atoms with E-state index in [1.165, 1.54) is 35.3 Å². The van der Waals surface area contributed by atoms with E-state index in [0.717, 1.165) is 18.7 Å². The van der Waals surface area contributed by atoms with Gasteiger partial charge in [-0.2, -0.15) is 0 Å². The van der Waals surface area contributed by atoms with Crippen LogP contribution in [0.3, 0.4) is 0 Å². The van der Waals surface area contributed by atoms with Crippen molar-refractivity contribution >= 4 is 27.0 Å². The highest BCUT2D eigenvalue weighted by molar-refractivity contribution is 7.91. The molecule has 0 saturated heterocycles. The van der Waals surface area contributed by atoms with Crippen molar-refractivity contribution in [3.8, 4) is 0 Å². The van der Waals surface area contributed by atoms with Gasteiger partial charge in [-0.1, -0.05) is 6.92 Å². The Bertz CT molecular complexity index is 1340.